The molecule has 3 rings (SSSR count). The Labute approximate surface area is 152 Å². The summed E-state index contributed by atoms with van der Waals surface area (Å²) >= 11 is 0. The van der Waals surface area contributed by atoms with Crippen LogP contribution in [-0.4, -0.2) is 48.6 Å². The number of rotatable bonds is 6. The molecule has 0 bridgehead atoms. The van der Waals surface area contributed by atoms with Crippen LogP contribution in [0.15, 0.2) is 24.3 Å². The Hall–Kier alpha value is -2.12. The summed E-state index contributed by atoms with van der Waals surface area (Å²) in [5.41, 5.74) is 0.818. The van der Waals surface area contributed by atoms with Crippen molar-refractivity contribution >= 4 is 17.6 Å². The van der Waals surface area contributed by atoms with E-state index < -0.39 is 11.8 Å². The molecule has 26 heavy (non-hydrogen) atoms. The maximum atomic E-state index is 12.1. The SMILES string of the molecule is CC1OC(C)(C(=O)O)OCC1CCCCN1C(=O)COc2ccccc21. The van der Waals surface area contributed by atoms with Crippen molar-refractivity contribution in [2.75, 3.05) is 24.7 Å². The Kier molecular flexibility index (Phi) is 5.48. The number of anilines is 1. The minimum Gasteiger partial charge on any atom is -0.482 e. The lowest BCUT2D eigenvalue weighted by molar-refractivity contribution is -0.292. The molecule has 3 unspecified atom stereocenters. The van der Waals surface area contributed by atoms with Crippen molar-refractivity contribution in [2.24, 2.45) is 5.92 Å². The van der Waals surface area contributed by atoms with Gasteiger partial charge in [0.1, 0.15) is 5.75 Å². The fourth-order valence-electron chi connectivity index (χ4n) is 3.39. The lowest BCUT2D eigenvalue weighted by Crippen LogP contribution is -2.51. The predicted octanol–water partition coefficient (Wildman–Crippen LogP) is 2.43. The standard InChI is InChI=1S/C19H25NO6/c1-13-14(11-25-19(2,26-13)18(22)23)7-5-6-10-20-15-8-3-4-9-16(15)24-12-17(20)21/h3-4,8-9,13-14H,5-7,10-12H2,1-2H3,(H,22,23). The molecule has 7 heteroatoms. The number of amides is 1. The molecule has 1 saturated heterocycles. The Morgan fingerprint density at radius 2 is 2.12 bits per heavy atom. The van der Waals surface area contributed by atoms with Gasteiger partial charge in [-0.1, -0.05) is 18.6 Å². The summed E-state index contributed by atoms with van der Waals surface area (Å²) in [4.78, 5) is 25.1. The fraction of sp³-hybridized carbons (Fsp3) is 0.579. The molecule has 0 spiro atoms. The van der Waals surface area contributed by atoms with Crippen LogP contribution in [0.25, 0.3) is 0 Å². The molecule has 1 aromatic carbocycles. The molecular weight excluding hydrogens is 338 g/mol. The van der Waals surface area contributed by atoms with Crippen molar-refractivity contribution in [2.45, 2.75) is 45.0 Å². The Morgan fingerprint density at radius 3 is 2.85 bits per heavy atom. The maximum Gasteiger partial charge on any atom is 0.364 e. The molecule has 0 saturated carbocycles. The first-order valence-corrected chi connectivity index (χ1v) is 8.98. The van der Waals surface area contributed by atoms with E-state index in [4.69, 9.17) is 19.3 Å². The third kappa shape index (κ3) is 3.83. The van der Waals surface area contributed by atoms with Crippen LogP contribution >= 0.6 is 0 Å². The van der Waals surface area contributed by atoms with Gasteiger partial charge in [0.25, 0.3) is 11.7 Å². The van der Waals surface area contributed by atoms with Crippen LogP contribution in [0.3, 0.4) is 0 Å². The second kappa shape index (κ2) is 7.63. The van der Waals surface area contributed by atoms with Crippen LogP contribution in [0.4, 0.5) is 5.69 Å². The van der Waals surface area contributed by atoms with Gasteiger partial charge < -0.3 is 24.2 Å². The summed E-state index contributed by atoms with van der Waals surface area (Å²) in [6.07, 6.45) is 2.42. The molecule has 3 atom stereocenters. The highest BCUT2D eigenvalue weighted by atomic mass is 16.7. The lowest BCUT2D eigenvalue weighted by Gasteiger charge is -2.39. The van der Waals surface area contributed by atoms with Gasteiger partial charge in [-0.15, -0.1) is 0 Å². The second-order valence-corrected chi connectivity index (χ2v) is 6.94. The molecular formula is C19H25NO6. The smallest absolute Gasteiger partial charge is 0.364 e. The molecule has 1 aromatic rings. The zero-order chi connectivity index (χ0) is 18.7. The number of carboxylic acids is 1. The minimum atomic E-state index is -1.56. The molecule has 0 radical (unpaired) electrons. The first-order chi connectivity index (χ1) is 12.4. The van der Waals surface area contributed by atoms with Gasteiger partial charge >= 0.3 is 5.97 Å². The highest BCUT2D eigenvalue weighted by molar-refractivity contribution is 5.97. The van der Waals surface area contributed by atoms with Gasteiger partial charge in [-0.3, -0.25) is 4.79 Å². The summed E-state index contributed by atoms with van der Waals surface area (Å²) in [7, 11) is 0. The normalized spacial score (nSPS) is 28.4. The van der Waals surface area contributed by atoms with Gasteiger partial charge in [0.15, 0.2) is 6.61 Å². The van der Waals surface area contributed by atoms with E-state index in [1.807, 2.05) is 31.2 Å². The molecule has 142 valence electrons. The highest BCUT2D eigenvalue weighted by Crippen LogP contribution is 2.32. The molecule has 0 aromatic heterocycles. The van der Waals surface area contributed by atoms with Gasteiger partial charge in [0.2, 0.25) is 0 Å². The summed E-state index contributed by atoms with van der Waals surface area (Å²) in [6, 6.07) is 7.55. The average Bonchev–Trinajstić information content (AvgIpc) is 2.61. The average molecular weight is 363 g/mol. The van der Waals surface area contributed by atoms with Gasteiger partial charge in [-0.25, -0.2) is 4.79 Å². The van der Waals surface area contributed by atoms with Crippen LogP contribution in [-0.2, 0) is 19.1 Å². The third-order valence-electron chi connectivity index (χ3n) is 5.05. The number of carboxylic acid groups (broad SMARTS) is 1. The van der Waals surface area contributed by atoms with E-state index in [0.29, 0.717) is 13.2 Å². The number of aliphatic carboxylic acids is 1. The molecule has 1 N–H and O–H groups in total. The number of unbranched alkanes of at least 4 members (excludes halogenated alkanes) is 1. The quantitative estimate of drug-likeness (QED) is 0.782. The van der Waals surface area contributed by atoms with E-state index in [-0.39, 0.29) is 24.5 Å². The molecule has 2 heterocycles. The van der Waals surface area contributed by atoms with Gasteiger partial charge in [-0.2, -0.15) is 0 Å². The van der Waals surface area contributed by atoms with Crippen molar-refractivity contribution in [3.05, 3.63) is 24.3 Å². The van der Waals surface area contributed by atoms with Crippen LogP contribution in [0.2, 0.25) is 0 Å². The zero-order valence-corrected chi connectivity index (χ0v) is 15.1. The van der Waals surface area contributed by atoms with E-state index in [1.165, 1.54) is 6.92 Å². The molecule has 2 aliphatic rings. The van der Waals surface area contributed by atoms with Crippen LogP contribution < -0.4 is 9.64 Å². The zero-order valence-electron chi connectivity index (χ0n) is 15.1. The summed E-state index contributed by atoms with van der Waals surface area (Å²) in [5.74, 6) is -1.80. The van der Waals surface area contributed by atoms with Gasteiger partial charge in [0.05, 0.1) is 18.4 Å². The number of hydrogen-bond donors (Lipinski definition) is 1. The largest absolute Gasteiger partial charge is 0.482 e. The Balaban J connectivity index is 1.48. The number of nitrogens with zero attached hydrogens (tertiary/aromatic N) is 1. The highest BCUT2D eigenvalue weighted by Gasteiger charge is 2.43. The number of ether oxygens (including phenoxy) is 3. The van der Waals surface area contributed by atoms with Crippen molar-refractivity contribution < 1.29 is 28.9 Å². The number of fused-ring (bicyclic) bond motifs is 1. The van der Waals surface area contributed by atoms with E-state index in [9.17, 15) is 9.59 Å². The van der Waals surface area contributed by atoms with Gasteiger partial charge in [-0.05, 0) is 31.9 Å². The number of carbonyl (C=O) groups is 2. The first kappa shape index (κ1) is 18.7. The van der Waals surface area contributed by atoms with Crippen molar-refractivity contribution in [3.63, 3.8) is 0 Å². The molecule has 1 amide bonds. The van der Waals surface area contributed by atoms with Crippen LogP contribution in [0, 0.1) is 5.92 Å². The maximum absolute atomic E-state index is 12.1. The van der Waals surface area contributed by atoms with E-state index >= 15 is 0 Å². The molecule has 7 nitrogen and oxygen atoms in total. The number of hydrogen-bond acceptors (Lipinski definition) is 5. The van der Waals surface area contributed by atoms with Gasteiger partial charge in [0, 0.05) is 19.4 Å². The summed E-state index contributed by atoms with van der Waals surface area (Å²) in [6.45, 7) is 4.39. The number of para-hydroxylation sites is 2. The van der Waals surface area contributed by atoms with Crippen molar-refractivity contribution in [1.82, 2.24) is 0 Å². The Morgan fingerprint density at radius 1 is 1.35 bits per heavy atom. The first-order valence-electron chi connectivity index (χ1n) is 8.98. The fourth-order valence-corrected chi connectivity index (χ4v) is 3.39. The molecule has 2 aliphatic heterocycles. The van der Waals surface area contributed by atoms with Crippen LogP contribution in [0.1, 0.15) is 33.1 Å². The minimum absolute atomic E-state index is 0.0291. The summed E-state index contributed by atoms with van der Waals surface area (Å²) < 4.78 is 16.4. The van der Waals surface area contributed by atoms with Crippen molar-refractivity contribution in [3.8, 4) is 5.75 Å². The Bertz CT molecular complexity index is 678. The monoisotopic (exact) mass is 363 g/mol. The topological polar surface area (TPSA) is 85.3 Å². The number of benzene rings is 1. The second-order valence-electron chi connectivity index (χ2n) is 6.94. The van der Waals surface area contributed by atoms with E-state index in [2.05, 4.69) is 0 Å². The number of carbonyl (C=O) groups excluding carboxylic acids is 1. The molecule has 1 fully saturated rings. The van der Waals surface area contributed by atoms with E-state index in [0.717, 1.165) is 30.7 Å². The summed E-state index contributed by atoms with van der Waals surface area (Å²) in [5, 5.41) is 9.17. The van der Waals surface area contributed by atoms with E-state index in [1.54, 1.807) is 4.90 Å². The lowest BCUT2D eigenvalue weighted by atomic mass is 9.95. The van der Waals surface area contributed by atoms with Crippen molar-refractivity contribution in [1.29, 1.82) is 0 Å². The molecule has 0 aliphatic carbocycles. The van der Waals surface area contributed by atoms with Crippen LogP contribution in [0.5, 0.6) is 5.75 Å². The third-order valence-corrected chi connectivity index (χ3v) is 5.05. The predicted molar refractivity (Wildman–Crippen MR) is 94.2 cm³/mol.